The van der Waals surface area contributed by atoms with E-state index >= 15 is 0 Å². The van der Waals surface area contributed by atoms with Crippen LogP contribution in [0.1, 0.15) is 0 Å². The Morgan fingerprint density at radius 3 is 2.09 bits per heavy atom. The highest BCUT2D eigenvalue weighted by molar-refractivity contribution is 6.36. The van der Waals surface area contributed by atoms with E-state index in [0.29, 0.717) is 0 Å². The summed E-state index contributed by atoms with van der Waals surface area (Å²) in [5.74, 6) is -2.68. The molecule has 11 heavy (non-hydrogen) atoms. The molecule has 0 radical (unpaired) electrons. The molecule has 0 saturated heterocycles. The lowest BCUT2D eigenvalue weighted by molar-refractivity contribution is -0.150. The summed E-state index contributed by atoms with van der Waals surface area (Å²) in [6.07, 6.45) is 1.79. The van der Waals surface area contributed by atoms with E-state index in [1.807, 2.05) is 0 Å². The fraction of sp³-hybridized carbons (Fsp3) is 0. The highest BCUT2D eigenvalue weighted by Gasteiger charge is 2.29. The average molecular weight is 153 g/mol. The van der Waals surface area contributed by atoms with Crippen LogP contribution in [-0.2, 0) is 19.2 Å². The molecule has 0 saturated carbocycles. The van der Waals surface area contributed by atoms with Gasteiger partial charge in [0.2, 0.25) is 6.29 Å². The van der Waals surface area contributed by atoms with Crippen LogP contribution in [0.4, 0.5) is 0 Å². The maximum absolute atomic E-state index is 10.6. The molecule has 0 aliphatic carbocycles. The van der Waals surface area contributed by atoms with Crippen LogP contribution in [0.3, 0.4) is 0 Å². The van der Waals surface area contributed by atoms with Crippen LogP contribution in [0.25, 0.3) is 0 Å². The van der Waals surface area contributed by atoms with Gasteiger partial charge in [0.1, 0.15) is 0 Å². The molecule has 0 aromatic carbocycles. The van der Waals surface area contributed by atoms with Crippen molar-refractivity contribution in [2.24, 2.45) is 0 Å². The predicted octanol–water partition coefficient (Wildman–Crippen LogP) is -1.36. The molecule has 1 aliphatic rings. The maximum atomic E-state index is 10.6. The predicted molar refractivity (Wildman–Crippen MR) is 32.1 cm³/mol. The molecule has 1 aliphatic heterocycles. The summed E-state index contributed by atoms with van der Waals surface area (Å²) in [5.41, 5.74) is 0. The average Bonchev–Trinajstić information content (AvgIpc) is 2.30. The SMILES string of the molecule is O=CC(=O)N1C(=O)C=CC1=O. The molecule has 5 heteroatoms. The Balaban J connectivity index is 2.90. The minimum Gasteiger partial charge on any atom is -0.292 e. The van der Waals surface area contributed by atoms with Gasteiger partial charge in [-0.05, 0) is 0 Å². The molecule has 0 spiro atoms. The monoisotopic (exact) mass is 153 g/mol. The van der Waals surface area contributed by atoms with Crippen LogP contribution in [0.5, 0.6) is 0 Å². The second kappa shape index (κ2) is 2.45. The second-order valence-electron chi connectivity index (χ2n) is 1.80. The lowest BCUT2D eigenvalue weighted by Crippen LogP contribution is -2.36. The van der Waals surface area contributed by atoms with Gasteiger partial charge in [0, 0.05) is 12.2 Å². The summed E-state index contributed by atoms with van der Waals surface area (Å²) >= 11 is 0. The third-order valence-corrected chi connectivity index (χ3v) is 1.13. The van der Waals surface area contributed by atoms with Gasteiger partial charge in [-0.15, -0.1) is 0 Å². The molecule has 0 N–H and O–H groups in total. The van der Waals surface area contributed by atoms with Crippen LogP contribution in [0.2, 0.25) is 0 Å². The van der Waals surface area contributed by atoms with E-state index < -0.39 is 17.7 Å². The maximum Gasteiger partial charge on any atom is 0.300 e. The summed E-state index contributed by atoms with van der Waals surface area (Å²) in [4.78, 5) is 41.9. The van der Waals surface area contributed by atoms with Crippen LogP contribution in [0.15, 0.2) is 12.2 Å². The lowest BCUT2D eigenvalue weighted by atomic mass is 10.5. The third kappa shape index (κ3) is 1.07. The molecular formula is C6H3NO4. The number of hydrogen-bond acceptors (Lipinski definition) is 4. The van der Waals surface area contributed by atoms with Gasteiger partial charge in [-0.2, -0.15) is 0 Å². The number of hydrogen-bond donors (Lipinski definition) is 0. The molecule has 0 aromatic rings. The van der Waals surface area contributed by atoms with Crippen LogP contribution in [-0.4, -0.2) is 28.9 Å². The zero-order chi connectivity index (χ0) is 8.43. The summed E-state index contributed by atoms with van der Waals surface area (Å²) in [6.45, 7) is 0. The summed E-state index contributed by atoms with van der Waals surface area (Å²) in [5, 5.41) is 0. The number of carbonyl (C=O) groups excluding carboxylic acids is 4. The summed E-state index contributed by atoms with van der Waals surface area (Å²) in [7, 11) is 0. The zero-order valence-corrected chi connectivity index (χ0v) is 5.31. The Bertz CT molecular complexity index is 260. The van der Waals surface area contributed by atoms with Crippen molar-refractivity contribution in [2.75, 3.05) is 0 Å². The number of carbonyl (C=O) groups is 4. The van der Waals surface area contributed by atoms with Crippen molar-refractivity contribution in [2.45, 2.75) is 0 Å². The molecule has 3 amide bonds. The molecule has 0 fully saturated rings. The molecule has 0 aromatic heterocycles. The van der Waals surface area contributed by atoms with E-state index in [0.717, 1.165) is 12.2 Å². The van der Waals surface area contributed by atoms with Gasteiger partial charge < -0.3 is 0 Å². The zero-order valence-electron chi connectivity index (χ0n) is 5.31. The number of aldehydes is 1. The van der Waals surface area contributed by atoms with Crippen molar-refractivity contribution in [1.82, 2.24) is 4.90 Å². The van der Waals surface area contributed by atoms with E-state index in [1.54, 1.807) is 0 Å². The number of nitrogens with zero attached hydrogens (tertiary/aromatic N) is 1. The first-order chi connectivity index (χ1) is 5.16. The largest absolute Gasteiger partial charge is 0.300 e. The van der Waals surface area contributed by atoms with Gasteiger partial charge in [0.15, 0.2) is 0 Å². The highest BCUT2D eigenvalue weighted by atomic mass is 16.2. The molecule has 56 valence electrons. The van der Waals surface area contributed by atoms with E-state index in [1.165, 1.54) is 0 Å². The molecule has 0 unspecified atom stereocenters. The number of rotatable bonds is 1. The summed E-state index contributed by atoms with van der Waals surface area (Å²) < 4.78 is 0. The van der Waals surface area contributed by atoms with E-state index in [4.69, 9.17) is 0 Å². The Kier molecular flexibility index (Phi) is 1.63. The summed E-state index contributed by atoms with van der Waals surface area (Å²) in [6, 6.07) is 0. The van der Waals surface area contributed by atoms with Crippen molar-refractivity contribution in [3.8, 4) is 0 Å². The first kappa shape index (κ1) is 7.33. The Hall–Kier alpha value is -1.78. The van der Waals surface area contributed by atoms with Gasteiger partial charge in [-0.25, -0.2) is 4.90 Å². The highest BCUT2D eigenvalue weighted by Crippen LogP contribution is 2.01. The molecule has 1 rings (SSSR count). The van der Waals surface area contributed by atoms with Gasteiger partial charge in [-0.3, -0.25) is 19.2 Å². The molecular weight excluding hydrogens is 150 g/mol. The topological polar surface area (TPSA) is 71.5 Å². The lowest BCUT2D eigenvalue weighted by Gasteiger charge is -2.05. The van der Waals surface area contributed by atoms with E-state index in [9.17, 15) is 19.2 Å². The van der Waals surface area contributed by atoms with Gasteiger partial charge in [-0.1, -0.05) is 0 Å². The molecule has 0 bridgehead atoms. The van der Waals surface area contributed by atoms with Gasteiger partial charge in [0.25, 0.3) is 11.8 Å². The van der Waals surface area contributed by atoms with Crippen molar-refractivity contribution in [1.29, 1.82) is 0 Å². The van der Waals surface area contributed by atoms with Crippen molar-refractivity contribution < 1.29 is 19.2 Å². The third-order valence-electron chi connectivity index (χ3n) is 1.13. The smallest absolute Gasteiger partial charge is 0.292 e. The first-order valence-corrected chi connectivity index (χ1v) is 2.72. The Morgan fingerprint density at radius 1 is 1.27 bits per heavy atom. The Labute approximate surface area is 61.3 Å². The second-order valence-corrected chi connectivity index (χ2v) is 1.80. The Morgan fingerprint density at radius 2 is 1.73 bits per heavy atom. The van der Waals surface area contributed by atoms with Crippen molar-refractivity contribution in [3.63, 3.8) is 0 Å². The fourth-order valence-corrected chi connectivity index (χ4v) is 0.670. The van der Waals surface area contributed by atoms with Crippen molar-refractivity contribution in [3.05, 3.63) is 12.2 Å². The molecule has 1 heterocycles. The fourth-order valence-electron chi connectivity index (χ4n) is 0.670. The van der Waals surface area contributed by atoms with Gasteiger partial charge >= 0.3 is 5.91 Å². The van der Waals surface area contributed by atoms with Crippen molar-refractivity contribution >= 4 is 24.0 Å². The van der Waals surface area contributed by atoms with E-state index in [2.05, 4.69) is 0 Å². The first-order valence-electron chi connectivity index (χ1n) is 2.72. The standard InChI is InChI=1S/C6H3NO4/c8-3-6(11)7-4(9)1-2-5(7)10/h1-3H. The molecule has 0 atom stereocenters. The number of amides is 3. The minimum absolute atomic E-state index is 0.0806. The van der Waals surface area contributed by atoms with Crippen LogP contribution >= 0.6 is 0 Å². The quantitative estimate of drug-likeness (QED) is 0.265. The molecule has 5 nitrogen and oxygen atoms in total. The van der Waals surface area contributed by atoms with Crippen LogP contribution in [0, 0.1) is 0 Å². The van der Waals surface area contributed by atoms with E-state index in [-0.39, 0.29) is 11.2 Å². The van der Waals surface area contributed by atoms with Crippen LogP contribution < -0.4 is 0 Å². The normalized spacial score (nSPS) is 15.8. The van der Waals surface area contributed by atoms with Gasteiger partial charge in [0.05, 0.1) is 0 Å². The minimum atomic E-state index is -1.13. The number of imide groups is 3.